The number of nitrogens with zero attached hydrogens (tertiary/aromatic N) is 1. The SMILES string of the molecule is CCN(C(=O)C1CC2CC2C1)C1CCCNC1. The third kappa shape index (κ3) is 2.22. The van der Waals surface area contributed by atoms with Crippen LogP contribution in [0.2, 0.25) is 0 Å². The van der Waals surface area contributed by atoms with Crippen molar-refractivity contribution in [3.8, 4) is 0 Å². The van der Waals surface area contributed by atoms with Gasteiger partial charge in [-0.2, -0.15) is 0 Å². The molecule has 96 valence electrons. The molecule has 3 nitrogen and oxygen atoms in total. The molecule has 1 N–H and O–H groups in total. The van der Waals surface area contributed by atoms with Crippen molar-refractivity contribution in [2.45, 2.75) is 45.1 Å². The fourth-order valence-corrected chi connectivity index (χ4v) is 3.84. The number of carbonyl (C=O) groups excluding carboxylic acids is 1. The molecule has 0 bridgehead atoms. The van der Waals surface area contributed by atoms with E-state index in [1.165, 1.54) is 32.1 Å². The van der Waals surface area contributed by atoms with Gasteiger partial charge in [0.2, 0.25) is 5.91 Å². The highest BCUT2D eigenvalue weighted by Gasteiger charge is 2.49. The van der Waals surface area contributed by atoms with Crippen molar-refractivity contribution < 1.29 is 4.79 Å². The maximum absolute atomic E-state index is 12.5. The molecule has 2 aliphatic carbocycles. The number of hydrogen-bond acceptors (Lipinski definition) is 2. The first-order chi connectivity index (χ1) is 8.29. The Hall–Kier alpha value is -0.570. The van der Waals surface area contributed by atoms with E-state index in [2.05, 4.69) is 17.1 Å². The molecule has 2 saturated carbocycles. The second-order valence-electron chi connectivity index (χ2n) is 6.05. The average molecular weight is 236 g/mol. The van der Waals surface area contributed by atoms with Gasteiger partial charge in [-0.15, -0.1) is 0 Å². The molecule has 1 aliphatic heterocycles. The molecule has 3 unspecified atom stereocenters. The minimum atomic E-state index is 0.362. The normalized spacial score (nSPS) is 39.8. The van der Waals surface area contributed by atoms with Crippen molar-refractivity contribution in [3.05, 3.63) is 0 Å². The summed E-state index contributed by atoms with van der Waals surface area (Å²) in [6.07, 6.45) is 6.16. The molecule has 3 heteroatoms. The Morgan fingerprint density at radius 3 is 2.65 bits per heavy atom. The van der Waals surface area contributed by atoms with E-state index in [1.807, 2.05) is 0 Å². The van der Waals surface area contributed by atoms with Crippen molar-refractivity contribution in [1.82, 2.24) is 10.2 Å². The Morgan fingerprint density at radius 1 is 1.29 bits per heavy atom. The predicted molar refractivity (Wildman–Crippen MR) is 67.6 cm³/mol. The van der Waals surface area contributed by atoms with Gasteiger partial charge in [-0.25, -0.2) is 0 Å². The fraction of sp³-hybridized carbons (Fsp3) is 0.929. The number of likely N-dealkylation sites (N-methyl/N-ethyl adjacent to an activating group) is 1. The zero-order valence-electron chi connectivity index (χ0n) is 10.8. The van der Waals surface area contributed by atoms with Crippen molar-refractivity contribution >= 4 is 5.91 Å². The van der Waals surface area contributed by atoms with Crippen molar-refractivity contribution in [2.24, 2.45) is 17.8 Å². The standard InChI is InChI=1S/C14H24N2O/c1-2-16(13-4-3-5-15-9-13)14(17)12-7-10-6-11(10)8-12/h10-13,15H,2-9H2,1H3. The number of hydrogen-bond donors (Lipinski definition) is 1. The van der Waals surface area contributed by atoms with Crippen LogP contribution in [0.25, 0.3) is 0 Å². The van der Waals surface area contributed by atoms with Crippen LogP contribution in [0.4, 0.5) is 0 Å². The molecule has 3 atom stereocenters. The minimum absolute atomic E-state index is 0.362. The third-order valence-corrected chi connectivity index (χ3v) is 4.93. The van der Waals surface area contributed by atoms with Gasteiger partial charge in [-0.3, -0.25) is 4.79 Å². The third-order valence-electron chi connectivity index (χ3n) is 4.93. The summed E-state index contributed by atoms with van der Waals surface area (Å²) in [7, 11) is 0. The molecule has 0 spiro atoms. The van der Waals surface area contributed by atoms with Crippen LogP contribution in [0.1, 0.15) is 39.0 Å². The summed E-state index contributed by atoms with van der Waals surface area (Å²) in [5, 5.41) is 3.42. The lowest BCUT2D eigenvalue weighted by Crippen LogP contribution is -2.50. The van der Waals surface area contributed by atoms with E-state index in [0.717, 1.165) is 31.5 Å². The van der Waals surface area contributed by atoms with Gasteiger partial charge in [-0.05, 0) is 57.4 Å². The first-order valence-corrected chi connectivity index (χ1v) is 7.30. The molecule has 1 saturated heterocycles. The molecule has 17 heavy (non-hydrogen) atoms. The van der Waals surface area contributed by atoms with Gasteiger partial charge < -0.3 is 10.2 Å². The van der Waals surface area contributed by atoms with E-state index in [9.17, 15) is 4.79 Å². The minimum Gasteiger partial charge on any atom is -0.338 e. The van der Waals surface area contributed by atoms with Gasteiger partial charge in [0.25, 0.3) is 0 Å². The van der Waals surface area contributed by atoms with Gasteiger partial charge in [0.1, 0.15) is 0 Å². The summed E-state index contributed by atoms with van der Waals surface area (Å²) in [4.78, 5) is 14.7. The van der Waals surface area contributed by atoms with Crippen molar-refractivity contribution in [3.63, 3.8) is 0 Å². The van der Waals surface area contributed by atoms with Crippen LogP contribution in [-0.4, -0.2) is 36.5 Å². The molecule has 0 aromatic carbocycles. The fourth-order valence-electron chi connectivity index (χ4n) is 3.84. The van der Waals surface area contributed by atoms with Gasteiger partial charge >= 0.3 is 0 Å². The van der Waals surface area contributed by atoms with Gasteiger partial charge in [0.05, 0.1) is 0 Å². The lowest BCUT2D eigenvalue weighted by Gasteiger charge is -2.35. The quantitative estimate of drug-likeness (QED) is 0.808. The van der Waals surface area contributed by atoms with Gasteiger partial charge in [0, 0.05) is 25.0 Å². The second-order valence-corrected chi connectivity index (χ2v) is 6.05. The molecule has 3 fully saturated rings. The van der Waals surface area contributed by atoms with E-state index >= 15 is 0 Å². The van der Waals surface area contributed by atoms with Gasteiger partial charge in [0.15, 0.2) is 0 Å². The predicted octanol–water partition coefficient (Wildman–Crippen LogP) is 1.63. The zero-order chi connectivity index (χ0) is 11.8. The van der Waals surface area contributed by atoms with Crippen LogP contribution in [0.3, 0.4) is 0 Å². The molecule has 3 rings (SSSR count). The number of fused-ring (bicyclic) bond motifs is 1. The molecular weight excluding hydrogens is 212 g/mol. The topological polar surface area (TPSA) is 32.3 Å². The number of rotatable bonds is 3. The zero-order valence-corrected chi connectivity index (χ0v) is 10.8. The second kappa shape index (κ2) is 4.60. The van der Waals surface area contributed by atoms with E-state index < -0.39 is 0 Å². The monoisotopic (exact) mass is 236 g/mol. The number of nitrogens with one attached hydrogen (secondary N) is 1. The lowest BCUT2D eigenvalue weighted by molar-refractivity contribution is -0.138. The highest BCUT2D eigenvalue weighted by atomic mass is 16.2. The van der Waals surface area contributed by atoms with Crippen LogP contribution in [-0.2, 0) is 4.79 Å². The average Bonchev–Trinajstić information content (AvgIpc) is 2.98. The number of piperidine rings is 1. The summed E-state index contributed by atoms with van der Waals surface area (Å²) in [6, 6.07) is 0.457. The summed E-state index contributed by atoms with van der Waals surface area (Å²) < 4.78 is 0. The Bertz CT molecular complexity index is 289. The summed E-state index contributed by atoms with van der Waals surface area (Å²) >= 11 is 0. The molecular formula is C14H24N2O. The molecule has 0 radical (unpaired) electrons. The maximum atomic E-state index is 12.5. The van der Waals surface area contributed by atoms with Crippen LogP contribution in [0.15, 0.2) is 0 Å². The Kier molecular flexibility index (Phi) is 3.12. The first-order valence-electron chi connectivity index (χ1n) is 7.30. The van der Waals surface area contributed by atoms with Crippen LogP contribution < -0.4 is 5.32 Å². The largest absolute Gasteiger partial charge is 0.338 e. The van der Waals surface area contributed by atoms with E-state index in [1.54, 1.807) is 0 Å². The highest BCUT2D eigenvalue weighted by Crippen LogP contribution is 2.54. The maximum Gasteiger partial charge on any atom is 0.225 e. The van der Waals surface area contributed by atoms with Crippen molar-refractivity contribution in [2.75, 3.05) is 19.6 Å². The van der Waals surface area contributed by atoms with Crippen LogP contribution in [0, 0.1) is 17.8 Å². The Balaban J connectivity index is 1.60. The molecule has 0 aromatic rings. The number of amides is 1. The van der Waals surface area contributed by atoms with E-state index in [0.29, 0.717) is 17.9 Å². The van der Waals surface area contributed by atoms with Gasteiger partial charge in [-0.1, -0.05) is 0 Å². The lowest BCUT2D eigenvalue weighted by atomic mass is 9.98. The van der Waals surface area contributed by atoms with E-state index in [4.69, 9.17) is 0 Å². The van der Waals surface area contributed by atoms with Crippen LogP contribution >= 0.6 is 0 Å². The summed E-state index contributed by atoms with van der Waals surface area (Å²) in [6.45, 7) is 5.13. The molecule has 3 aliphatic rings. The molecule has 1 heterocycles. The summed E-state index contributed by atoms with van der Waals surface area (Å²) in [5.74, 6) is 2.63. The Labute approximate surface area is 104 Å². The molecule has 1 amide bonds. The van der Waals surface area contributed by atoms with Crippen molar-refractivity contribution in [1.29, 1.82) is 0 Å². The van der Waals surface area contributed by atoms with E-state index in [-0.39, 0.29) is 0 Å². The summed E-state index contributed by atoms with van der Waals surface area (Å²) in [5.41, 5.74) is 0. The van der Waals surface area contributed by atoms with Crippen LogP contribution in [0.5, 0.6) is 0 Å². The first kappa shape index (κ1) is 11.5. The Morgan fingerprint density at radius 2 is 2.06 bits per heavy atom. The number of carbonyl (C=O) groups is 1. The highest BCUT2D eigenvalue weighted by molar-refractivity contribution is 5.79. The molecule has 0 aromatic heterocycles. The smallest absolute Gasteiger partial charge is 0.225 e.